The van der Waals surface area contributed by atoms with E-state index in [4.69, 9.17) is 28.0 Å². The summed E-state index contributed by atoms with van der Waals surface area (Å²) in [5, 5.41) is 9.46. The Morgan fingerprint density at radius 2 is 2.03 bits per heavy atom. The van der Waals surface area contributed by atoms with Gasteiger partial charge in [0, 0.05) is 41.1 Å². The summed E-state index contributed by atoms with van der Waals surface area (Å²) in [7, 11) is 0. The number of hydrogen-bond acceptors (Lipinski definition) is 3. The SMILES string of the molecule is C#Cc1ccc2c(c1)CN(C[C@@]1(C)CC(C)(C)[C@H]1Oc1ccc(C#N)c(Cl)c1)C2=O. The van der Waals surface area contributed by atoms with Crippen molar-refractivity contribution in [2.24, 2.45) is 10.8 Å². The van der Waals surface area contributed by atoms with Gasteiger partial charge in [0.1, 0.15) is 17.9 Å². The molecule has 30 heavy (non-hydrogen) atoms. The molecule has 0 radical (unpaired) electrons. The summed E-state index contributed by atoms with van der Waals surface area (Å²) in [4.78, 5) is 14.8. The maximum absolute atomic E-state index is 12.9. The summed E-state index contributed by atoms with van der Waals surface area (Å²) in [5.74, 6) is 3.31. The predicted molar refractivity (Wildman–Crippen MR) is 116 cm³/mol. The second kappa shape index (κ2) is 7.08. The van der Waals surface area contributed by atoms with E-state index < -0.39 is 0 Å². The van der Waals surface area contributed by atoms with Gasteiger partial charge in [-0.25, -0.2) is 0 Å². The summed E-state index contributed by atoms with van der Waals surface area (Å²) in [5.41, 5.74) is 2.68. The molecule has 0 bridgehead atoms. The molecule has 4 rings (SSSR count). The number of benzene rings is 2. The topological polar surface area (TPSA) is 53.3 Å². The summed E-state index contributed by atoms with van der Waals surface area (Å²) in [6, 6.07) is 12.8. The van der Waals surface area contributed by atoms with Gasteiger partial charge in [0.05, 0.1) is 10.6 Å². The minimum atomic E-state index is -0.198. The van der Waals surface area contributed by atoms with Crippen LogP contribution in [0.5, 0.6) is 5.75 Å². The molecule has 1 heterocycles. The Bertz CT molecular complexity index is 1120. The molecule has 1 aliphatic carbocycles. The van der Waals surface area contributed by atoms with Gasteiger partial charge in [0.15, 0.2) is 0 Å². The highest BCUT2D eigenvalue weighted by Crippen LogP contribution is 2.56. The minimum Gasteiger partial charge on any atom is -0.489 e. The highest BCUT2D eigenvalue weighted by molar-refractivity contribution is 6.31. The van der Waals surface area contributed by atoms with Crippen LogP contribution in [-0.2, 0) is 6.54 Å². The van der Waals surface area contributed by atoms with Crippen LogP contribution in [0.4, 0.5) is 0 Å². The van der Waals surface area contributed by atoms with E-state index in [1.807, 2.05) is 23.1 Å². The van der Waals surface area contributed by atoms with Crippen LogP contribution in [0, 0.1) is 34.5 Å². The molecule has 2 aromatic rings. The van der Waals surface area contributed by atoms with Crippen LogP contribution in [0.25, 0.3) is 0 Å². The van der Waals surface area contributed by atoms with Gasteiger partial charge in [-0.15, -0.1) is 6.42 Å². The van der Waals surface area contributed by atoms with Gasteiger partial charge in [-0.3, -0.25) is 4.79 Å². The Balaban J connectivity index is 1.54. The lowest BCUT2D eigenvalue weighted by Gasteiger charge is -2.59. The van der Waals surface area contributed by atoms with Crippen molar-refractivity contribution in [2.75, 3.05) is 6.54 Å². The maximum Gasteiger partial charge on any atom is 0.254 e. The molecule has 2 aliphatic rings. The van der Waals surface area contributed by atoms with Gasteiger partial charge >= 0.3 is 0 Å². The van der Waals surface area contributed by atoms with Gasteiger partial charge in [-0.2, -0.15) is 5.26 Å². The number of nitriles is 1. The second-order valence-corrected chi connectivity index (χ2v) is 9.66. The van der Waals surface area contributed by atoms with Gasteiger partial charge in [0.2, 0.25) is 0 Å². The number of halogens is 1. The number of hydrogen-bond donors (Lipinski definition) is 0. The van der Waals surface area contributed by atoms with Gasteiger partial charge in [0.25, 0.3) is 5.91 Å². The van der Waals surface area contributed by atoms with Crippen molar-refractivity contribution in [3.8, 4) is 24.2 Å². The third-order valence-corrected chi connectivity index (χ3v) is 6.53. The third-order valence-electron chi connectivity index (χ3n) is 6.22. The first-order valence-corrected chi connectivity index (χ1v) is 10.3. The number of rotatable bonds is 4. The highest BCUT2D eigenvalue weighted by Gasteiger charge is 2.58. The molecule has 1 saturated carbocycles. The Morgan fingerprint density at radius 3 is 2.67 bits per heavy atom. The first kappa shape index (κ1) is 20.3. The fraction of sp³-hybridized carbons (Fsp3) is 0.360. The van der Waals surface area contributed by atoms with E-state index in [2.05, 4.69) is 32.8 Å². The van der Waals surface area contributed by atoms with Gasteiger partial charge in [-0.1, -0.05) is 38.3 Å². The number of fused-ring (bicyclic) bond motifs is 1. The van der Waals surface area contributed by atoms with Crippen molar-refractivity contribution in [1.29, 1.82) is 5.26 Å². The molecule has 0 saturated heterocycles. The molecule has 1 fully saturated rings. The van der Waals surface area contributed by atoms with E-state index >= 15 is 0 Å². The number of carbonyl (C=O) groups excluding carboxylic acids is 1. The summed E-state index contributed by atoms with van der Waals surface area (Å²) in [6.07, 6.45) is 6.35. The molecular weight excluding hydrogens is 396 g/mol. The zero-order chi connectivity index (χ0) is 21.7. The van der Waals surface area contributed by atoms with E-state index in [0.29, 0.717) is 29.4 Å². The number of amides is 1. The smallest absolute Gasteiger partial charge is 0.254 e. The van der Waals surface area contributed by atoms with Crippen molar-refractivity contribution in [2.45, 2.75) is 39.8 Å². The zero-order valence-electron chi connectivity index (χ0n) is 17.3. The van der Waals surface area contributed by atoms with E-state index in [1.54, 1.807) is 18.2 Å². The molecule has 1 amide bonds. The van der Waals surface area contributed by atoms with E-state index in [0.717, 1.165) is 23.1 Å². The monoisotopic (exact) mass is 418 g/mol. The van der Waals surface area contributed by atoms with E-state index in [1.165, 1.54) is 0 Å². The largest absolute Gasteiger partial charge is 0.489 e. The lowest BCUT2D eigenvalue weighted by molar-refractivity contribution is -0.151. The first-order chi connectivity index (χ1) is 14.2. The van der Waals surface area contributed by atoms with Crippen molar-refractivity contribution in [3.63, 3.8) is 0 Å². The van der Waals surface area contributed by atoms with Crippen LogP contribution in [0.15, 0.2) is 36.4 Å². The van der Waals surface area contributed by atoms with Crippen LogP contribution in [0.1, 0.15) is 54.2 Å². The Morgan fingerprint density at radius 1 is 1.27 bits per heavy atom. The van der Waals surface area contributed by atoms with Crippen molar-refractivity contribution >= 4 is 17.5 Å². The lowest BCUT2D eigenvalue weighted by atomic mass is 9.52. The Labute approximate surface area is 182 Å². The molecule has 2 aromatic carbocycles. The Kier molecular flexibility index (Phi) is 4.80. The van der Waals surface area contributed by atoms with E-state index in [-0.39, 0.29) is 22.8 Å². The second-order valence-electron chi connectivity index (χ2n) is 9.25. The predicted octanol–water partition coefficient (Wildman–Crippen LogP) is 5.03. The van der Waals surface area contributed by atoms with E-state index in [9.17, 15) is 4.79 Å². The molecule has 4 nitrogen and oxygen atoms in total. The van der Waals surface area contributed by atoms with Crippen LogP contribution in [-0.4, -0.2) is 23.5 Å². The molecule has 1 aliphatic heterocycles. The molecule has 0 unspecified atom stereocenters. The molecule has 2 atom stereocenters. The number of ether oxygens (including phenoxy) is 1. The standard InChI is InChI=1S/C25H23ClN2O2/c1-5-16-6-9-20-18(10-16)13-28(22(20)29)15-25(4)14-24(2,3)23(25)30-19-8-7-17(12-27)21(26)11-19/h1,6-11,23H,13-15H2,2-4H3/t23-,25-/m1/s1. The van der Waals surface area contributed by atoms with Crippen LogP contribution < -0.4 is 4.74 Å². The molecule has 0 aromatic heterocycles. The fourth-order valence-corrected chi connectivity index (χ4v) is 5.52. The van der Waals surface area contributed by atoms with Gasteiger partial charge in [-0.05, 0) is 42.3 Å². The average Bonchev–Trinajstić information content (AvgIpc) is 3.00. The van der Waals surface area contributed by atoms with Crippen molar-refractivity contribution in [3.05, 3.63) is 63.7 Å². The Hall–Kier alpha value is -2.95. The molecule has 152 valence electrons. The zero-order valence-corrected chi connectivity index (χ0v) is 18.1. The summed E-state index contributed by atoms with van der Waals surface area (Å²) < 4.78 is 6.36. The number of carbonyl (C=O) groups is 1. The lowest BCUT2D eigenvalue weighted by Crippen LogP contribution is -2.63. The first-order valence-electron chi connectivity index (χ1n) is 9.92. The highest BCUT2D eigenvalue weighted by atomic mass is 35.5. The van der Waals surface area contributed by atoms with Crippen molar-refractivity contribution < 1.29 is 9.53 Å². The summed E-state index contributed by atoms with van der Waals surface area (Å²) >= 11 is 6.18. The maximum atomic E-state index is 12.9. The minimum absolute atomic E-state index is 0.0403. The van der Waals surface area contributed by atoms with Crippen LogP contribution in [0.3, 0.4) is 0 Å². The molecule has 0 N–H and O–H groups in total. The number of terminal acetylenes is 1. The molecular formula is C25H23ClN2O2. The van der Waals surface area contributed by atoms with Crippen molar-refractivity contribution in [1.82, 2.24) is 4.90 Å². The van der Waals surface area contributed by atoms with Crippen LogP contribution in [0.2, 0.25) is 5.02 Å². The average molecular weight is 419 g/mol. The van der Waals surface area contributed by atoms with Gasteiger partial charge < -0.3 is 9.64 Å². The molecule has 0 spiro atoms. The quantitative estimate of drug-likeness (QED) is 0.654. The normalized spacial score (nSPS) is 23.9. The summed E-state index contributed by atoms with van der Waals surface area (Å²) in [6.45, 7) is 7.67. The number of nitrogens with zero attached hydrogens (tertiary/aromatic N) is 2. The third kappa shape index (κ3) is 3.32. The van der Waals surface area contributed by atoms with Crippen LogP contribution >= 0.6 is 11.6 Å². The fourth-order valence-electron chi connectivity index (χ4n) is 5.31. The molecule has 5 heteroatoms.